The lowest BCUT2D eigenvalue weighted by Gasteiger charge is -2.25. The number of pyridine rings is 1. The standard InChI is InChI=1S/C30H34N4O4/c1-37-20-27-8-5-13-34(27)30(36)24-16-23(17-26(18-24)32-25-6-3-2-4-7-25)22-9-12-31-28(19-22)33-29(35)21-10-14-38-15-11-21/h2-4,6-7,9,12,16-19,21,27,32H,5,8,10-11,13-15,20H2,1H3,(H,31,33,35). The van der Waals surface area contributed by atoms with E-state index < -0.39 is 0 Å². The lowest BCUT2D eigenvalue weighted by molar-refractivity contribution is -0.122. The Balaban J connectivity index is 1.45. The number of methoxy groups -OCH3 is 1. The molecule has 2 amide bonds. The number of amides is 2. The summed E-state index contributed by atoms with van der Waals surface area (Å²) in [5.74, 6) is 0.376. The minimum absolute atomic E-state index is 0.00962. The van der Waals surface area contributed by atoms with Crippen LogP contribution in [0.3, 0.4) is 0 Å². The minimum atomic E-state index is -0.0719. The molecule has 0 bridgehead atoms. The topological polar surface area (TPSA) is 92.8 Å². The number of aromatic nitrogens is 1. The Hall–Kier alpha value is -3.75. The van der Waals surface area contributed by atoms with Crippen LogP contribution in [0.2, 0.25) is 0 Å². The van der Waals surface area contributed by atoms with Crippen molar-refractivity contribution in [2.45, 2.75) is 31.7 Å². The lowest BCUT2D eigenvalue weighted by atomic mass is 9.99. The Morgan fingerprint density at radius 1 is 1.00 bits per heavy atom. The minimum Gasteiger partial charge on any atom is -0.383 e. The van der Waals surface area contributed by atoms with Crippen molar-refractivity contribution in [3.8, 4) is 11.1 Å². The Morgan fingerprint density at radius 3 is 2.61 bits per heavy atom. The Kier molecular flexibility index (Phi) is 8.31. The molecule has 2 aliphatic heterocycles. The Labute approximate surface area is 223 Å². The third-order valence-corrected chi connectivity index (χ3v) is 7.18. The number of hydrogen-bond acceptors (Lipinski definition) is 6. The van der Waals surface area contributed by atoms with E-state index in [1.165, 1.54) is 0 Å². The van der Waals surface area contributed by atoms with Gasteiger partial charge in [-0.25, -0.2) is 4.98 Å². The Morgan fingerprint density at radius 2 is 1.82 bits per heavy atom. The summed E-state index contributed by atoms with van der Waals surface area (Å²) in [5, 5.41) is 6.40. The molecule has 0 radical (unpaired) electrons. The number of nitrogens with one attached hydrogen (secondary N) is 2. The molecule has 2 N–H and O–H groups in total. The molecule has 3 aromatic rings. The Bertz CT molecular complexity index is 1260. The summed E-state index contributed by atoms with van der Waals surface area (Å²) >= 11 is 0. The van der Waals surface area contributed by atoms with Crippen LogP contribution in [0.4, 0.5) is 17.2 Å². The predicted molar refractivity (Wildman–Crippen MR) is 148 cm³/mol. The number of ether oxygens (including phenoxy) is 2. The first kappa shape index (κ1) is 25.9. The number of rotatable bonds is 8. The quantitative estimate of drug-likeness (QED) is 0.434. The molecule has 198 valence electrons. The second-order valence-corrected chi connectivity index (χ2v) is 9.85. The van der Waals surface area contributed by atoms with Gasteiger partial charge in [-0.05, 0) is 79.3 Å². The van der Waals surface area contributed by atoms with Gasteiger partial charge in [-0.3, -0.25) is 9.59 Å². The molecule has 5 rings (SSSR count). The first-order valence-electron chi connectivity index (χ1n) is 13.2. The van der Waals surface area contributed by atoms with Crippen LogP contribution in [-0.4, -0.2) is 61.2 Å². The molecular weight excluding hydrogens is 480 g/mol. The molecule has 3 heterocycles. The fourth-order valence-corrected chi connectivity index (χ4v) is 5.18. The van der Waals surface area contributed by atoms with Crippen LogP contribution in [0.25, 0.3) is 11.1 Å². The van der Waals surface area contributed by atoms with Crippen molar-refractivity contribution < 1.29 is 19.1 Å². The smallest absolute Gasteiger partial charge is 0.254 e. The average molecular weight is 515 g/mol. The van der Waals surface area contributed by atoms with E-state index in [2.05, 4.69) is 15.6 Å². The van der Waals surface area contributed by atoms with E-state index in [1.54, 1.807) is 13.3 Å². The first-order valence-corrected chi connectivity index (χ1v) is 13.2. The van der Waals surface area contributed by atoms with Crippen LogP contribution in [0.15, 0.2) is 66.9 Å². The van der Waals surface area contributed by atoms with Gasteiger partial charge in [-0.1, -0.05) is 18.2 Å². The third-order valence-electron chi connectivity index (χ3n) is 7.18. The highest BCUT2D eigenvalue weighted by Crippen LogP contribution is 2.30. The van der Waals surface area contributed by atoms with Crippen LogP contribution >= 0.6 is 0 Å². The molecular formula is C30H34N4O4. The first-order chi connectivity index (χ1) is 18.6. The zero-order valence-corrected chi connectivity index (χ0v) is 21.7. The monoisotopic (exact) mass is 514 g/mol. The number of carbonyl (C=O) groups is 2. The molecule has 2 aromatic carbocycles. The van der Waals surface area contributed by atoms with Crippen LogP contribution in [0.5, 0.6) is 0 Å². The maximum absolute atomic E-state index is 13.7. The molecule has 2 aliphatic rings. The molecule has 0 saturated carbocycles. The zero-order valence-electron chi connectivity index (χ0n) is 21.7. The summed E-state index contributed by atoms with van der Waals surface area (Å²) in [6, 6.07) is 19.5. The maximum atomic E-state index is 13.7. The normalized spacial score (nSPS) is 17.8. The van der Waals surface area contributed by atoms with Gasteiger partial charge in [-0.15, -0.1) is 0 Å². The number of likely N-dealkylation sites (tertiary alicyclic amines) is 1. The largest absolute Gasteiger partial charge is 0.383 e. The summed E-state index contributed by atoms with van der Waals surface area (Å²) in [7, 11) is 1.67. The van der Waals surface area contributed by atoms with Gasteiger partial charge in [0.1, 0.15) is 5.82 Å². The fraction of sp³-hybridized carbons (Fsp3) is 0.367. The molecule has 2 fully saturated rings. The lowest BCUT2D eigenvalue weighted by Crippen LogP contribution is -2.38. The van der Waals surface area contributed by atoms with Gasteiger partial charge in [-0.2, -0.15) is 0 Å². The van der Waals surface area contributed by atoms with Gasteiger partial charge >= 0.3 is 0 Å². The number of carbonyl (C=O) groups excluding carboxylic acids is 2. The van der Waals surface area contributed by atoms with Gasteiger partial charge in [0.05, 0.1) is 12.6 Å². The third kappa shape index (κ3) is 6.20. The second-order valence-electron chi connectivity index (χ2n) is 9.85. The number of benzene rings is 2. The highest BCUT2D eigenvalue weighted by Gasteiger charge is 2.30. The van der Waals surface area contributed by atoms with E-state index in [1.807, 2.05) is 65.6 Å². The van der Waals surface area contributed by atoms with Crippen LogP contribution in [-0.2, 0) is 14.3 Å². The van der Waals surface area contributed by atoms with Gasteiger partial charge < -0.3 is 25.0 Å². The van der Waals surface area contributed by atoms with Gasteiger partial charge in [0.2, 0.25) is 5.91 Å². The SMILES string of the molecule is COCC1CCCN1C(=O)c1cc(Nc2ccccc2)cc(-c2ccnc(NC(=O)C3CCOCC3)c2)c1. The van der Waals surface area contributed by atoms with Crippen molar-refractivity contribution in [3.05, 3.63) is 72.4 Å². The fourth-order valence-electron chi connectivity index (χ4n) is 5.18. The van der Waals surface area contributed by atoms with Crippen molar-refractivity contribution in [1.82, 2.24) is 9.88 Å². The highest BCUT2D eigenvalue weighted by molar-refractivity contribution is 5.98. The van der Waals surface area contributed by atoms with Gasteiger partial charge in [0.15, 0.2) is 0 Å². The van der Waals surface area contributed by atoms with Crippen molar-refractivity contribution in [1.29, 1.82) is 0 Å². The summed E-state index contributed by atoms with van der Waals surface area (Å²) in [4.78, 5) is 32.7. The maximum Gasteiger partial charge on any atom is 0.254 e. The molecule has 1 aromatic heterocycles. The van der Waals surface area contributed by atoms with Crippen molar-refractivity contribution in [3.63, 3.8) is 0 Å². The van der Waals surface area contributed by atoms with Crippen molar-refractivity contribution >= 4 is 29.0 Å². The van der Waals surface area contributed by atoms with E-state index >= 15 is 0 Å². The summed E-state index contributed by atoms with van der Waals surface area (Å²) < 4.78 is 10.8. The van der Waals surface area contributed by atoms with Crippen molar-refractivity contribution in [2.75, 3.05) is 44.1 Å². The molecule has 1 atom stereocenters. The molecule has 2 saturated heterocycles. The molecule has 1 unspecified atom stereocenters. The van der Waals surface area contributed by atoms with Crippen LogP contribution < -0.4 is 10.6 Å². The number of hydrogen-bond donors (Lipinski definition) is 2. The van der Waals surface area contributed by atoms with Crippen LogP contribution in [0, 0.1) is 5.92 Å². The van der Waals surface area contributed by atoms with Crippen molar-refractivity contribution in [2.24, 2.45) is 5.92 Å². The molecule has 38 heavy (non-hydrogen) atoms. The molecule has 8 heteroatoms. The zero-order chi connectivity index (χ0) is 26.3. The van der Waals surface area contributed by atoms with Gasteiger partial charge in [0, 0.05) is 55.9 Å². The molecule has 0 aliphatic carbocycles. The highest BCUT2D eigenvalue weighted by atomic mass is 16.5. The summed E-state index contributed by atoms with van der Waals surface area (Å²) in [6.45, 7) is 2.45. The van der Waals surface area contributed by atoms with E-state index in [-0.39, 0.29) is 23.8 Å². The summed E-state index contributed by atoms with van der Waals surface area (Å²) in [5.41, 5.74) is 4.07. The molecule has 0 spiro atoms. The number of nitrogens with zero attached hydrogens (tertiary/aromatic N) is 2. The predicted octanol–water partition coefficient (Wildman–Crippen LogP) is 5.11. The van der Waals surface area contributed by atoms with E-state index in [9.17, 15) is 9.59 Å². The van der Waals surface area contributed by atoms with Gasteiger partial charge in [0.25, 0.3) is 5.91 Å². The second kappa shape index (κ2) is 12.2. The number of para-hydroxylation sites is 1. The molecule has 8 nitrogen and oxygen atoms in total. The van der Waals surface area contributed by atoms with E-state index in [4.69, 9.17) is 9.47 Å². The van der Waals surface area contributed by atoms with E-state index in [0.717, 1.165) is 41.9 Å². The number of anilines is 3. The summed E-state index contributed by atoms with van der Waals surface area (Å²) in [6.07, 6.45) is 5.02. The van der Waals surface area contributed by atoms with E-state index in [0.29, 0.717) is 44.0 Å². The van der Waals surface area contributed by atoms with Crippen LogP contribution in [0.1, 0.15) is 36.0 Å². The average Bonchev–Trinajstić information content (AvgIpc) is 3.42.